The molecule has 0 unspecified atom stereocenters. The Labute approximate surface area is 399 Å². The summed E-state index contributed by atoms with van der Waals surface area (Å²) in [5, 5.41) is 10.6. The summed E-state index contributed by atoms with van der Waals surface area (Å²) in [5.41, 5.74) is 20.6. The second-order valence-electron chi connectivity index (χ2n) is 20.4. The van der Waals surface area contributed by atoms with E-state index in [0.717, 1.165) is 67.2 Å². The molecule has 2 aliphatic rings. The van der Waals surface area contributed by atoms with Gasteiger partial charge in [0.25, 0.3) is 0 Å². The van der Waals surface area contributed by atoms with Gasteiger partial charge < -0.3 is 18.6 Å². The van der Waals surface area contributed by atoms with Crippen molar-refractivity contribution in [1.82, 2.24) is 0 Å². The number of nitrogens with zero attached hydrogens (tertiary/aromatic N) is 2. The zero-order valence-corrected chi connectivity index (χ0v) is 41.9. The standard InChI is InChI=1S/C62H52N2O2Si2/c1-37-17-25-41(26-18-37)63(42-27-19-38(2)20-28-42)49-35-55-57(59-45-13-9-11-15-51(45)65-61(49)59)47-33-54-48(34-53(47)67(55,5)6)58-56(68(54,7)8)36-50(62-60(58)46-14-10-12-16-52(46)66-62)64(43-29-21-39(3)22-30-43)44-31-23-40(4)24-32-44/h9-36H,1-8H3. The van der Waals surface area contributed by atoms with E-state index < -0.39 is 16.1 Å². The van der Waals surface area contributed by atoms with Crippen LogP contribution in [0.25, 0.3) is 66.1 Å². The van der Waals surface area contributed by atoms with Crippen LogP contribution in [0.15, 0.2) is 179 Å². The molecule has 2 aromatic heterocycles. The van der Waals surface area contributed by atoms with Gasteiger partial charge in [0.2, 0.25) is 0 Å². The van der Waals surface area contributed by atoms with Crippen molar-refractivity contribution < 1.29 is 8.83 Å². The molecular formula is C62H52N2O2Si2. The first-order chi connectivity index (χ1) is 32.9. The van der Waals surface area contributed by atoms with Crippen LogP contribution in [0, 0.1) is 27.7 Å². The molecule has 0 aliphatic carbocycles. The number of anilines is 6. The number of aryl methyl sites for hydroxylation is 4. The quantitative estimate of drug-likeness (QED) is 0.156. The van der Waals surface area contributed by atoms with Gasteiger partial charge in [0.05, 0.1) is 11.4 Å². The van der Waals surface area contributed by atoms with Crippen LogP contribution < -0.4 is 30.5 Å². The van der Waals surface area contributed by atoms with Crippen LogP contribution >= 0.6 is 0 Å². The first-order valence-corrected chi connectivity index (χ1v) is 29.9. The Hall–Kier alpha value is -7.39. The van der Waals surface area contributed by atoms with E-state index >= 15 is 0 Å². The van der Waals surface area contributed by atoms with Crippen molar-refractivity contribution in [2.24, 2.45) is 0 Å². The molecule has 0 saturated carbocycles. The lowest BCUT2D eigenvalue weighted by Crippen LogP contribution is -2.51. The molecule has 11 aromatic rings. The summed E-state index contributed by atoms with van der Waals surface area (Å²) < 4.78 is 14.2. The van der Waals surface area contributed by atoms with E-state index in [2.05, 4.69) is 234 Å². The molecule has 0 spiro atoms. The van der Waals surface area contributed by atoms with Crippen LogP contribution in [0.5, 0.6) is 0 Å². The van der Waals surface area contributed by atoms with E-state index in [1.165, 1.54) is 76.0 Å². The minimum atomic E-state index is -2.38. The highest BCUT2D eigenvalue weighted by atomic mass is 28.3. The van der Waals surface area contributed by atoms with Crippen molar-refractivity contribution in [2.45, 2.75) is 53.9 Å². The molecule has 6 heteroatoms. The molecule has 0 atom stereocenters. The predicted octanol–water partition coefficient (Wildman–Crippen LogP) is 15.3. The van der Waals surface area contributed by atoms with Crippen LogP contribution in [0.2, 0.25) is 26.2 Å². The van der Waals surface area contributed by atoms with Gasteiger partial charge in [0.15, 0.2) is 11.2 Å². The van der Waals surface area contributed by atoms with E-state index in [9.17, 15) is 0 Å². The van der Waals surface area contributed by atoms with Gasteiger partial charge in [-0.15, -0.1) is 0 Å². The molecule has 0 fully saturated rings. The zero-order chi connectivity index (χ0) is 46.4. The summed E-state index contributed by atoms with van der Waals surface area (Å²) in [6.45, 7) is 18.9. The number of furan rings is 2. The molecule has 0 radical (unpaired) electrons. The maximum Gasteiger partial charge on any atom is 0.160 e. The largest absolute Gasteiger partial charge is 0.454 e. The average molecular weight is 913 g/mol. The highest BCUT2D eigenvalue weighted by molar-refractivity contribution is 7.06. The fourth-order valence-corrected chi connectivity index (χ4v) is 17.7. The van der Waals surface area contributed by atoms with Gasteiger partial charge in [-0.1, -0.05) is 146 Å². The van der Waals surface area contributed by atoms with Crippen molar-refractivity contribution in [2.75, 3.05) is 9.80 Å². The molecule has 4 nitrogen and oxygen atoms in total. The van der Waals surface area contributed by atoms with Crippen LogP contribution in [0.1, 0.15) is 22.3 Å². The van der Waals surface area contributed by atoms with Crippen molar-refractivity contribution in [1.29, 1.82) is 0 Å². The Kier molecular flexibility index (Phi) is 8.75. The van der Waals surface area contributed by atoms with E-state index in [1.807, 2.05) is 0 Å². The maximum atomic E-state index is 7.12. The van der Waals surface area contributed by atoms with Gasteiger partial charge in [-0.2, -0.15) is 0 Å². The molecule has 0 bridgehead atoms. The number of hydrogen-bond acceptors (Lipinski definition) is 4. The Bertz CT molecular complexity index is 3530. The van der Waals surface area contributed by atoms with Gasteiger partial charge in [-0.3, -0.25) is 0 Å². The average Bonchev–Trinajstić information content (AvgIpc) is 4.04. The van der Waals surface area contributed by atoms with Gasteiger partial charge >= 0.3 is 0 Å². The molecule has 330 valence electrons. The Balaban J connectivity index is 1.08. The molecule has 0 amide bonds. The second kappa shape index (κ2) is 14.6. The van der Waals surface area contributed by atoms with Crippen molar-refractivity contribution in [3.05, 3.63) is 192 Å². The van der Waals surface area contributed by atoms with E-state index in [-0.39, 0.29) is 0 Å². The third-order valence-electron chi connectivity index (χ3n) is 15.3. The lowest BCUT2D eigenvalue weighted by Gasteiger charge is -2.28. The van der Waals surface area contributed by atoms with Crippen LogP contribution in [-0.4, -0.2) is 16.1 Å². The zero-order valence-electron chi connectivity index (χ0n) is 39.9. The Morgan fingerprint density at radius 1 is 0.353 bits per heavy atom. The van der Waals surface area contributed by atoms with Crippen LogP contribution in [0.3, 0.4) is 0 Å². The van der Waals surface area contributed by atoms with Gasteiger partial charge in [0, 0.05) is 44.3 Å². The summed E-state index contributed by atoms with van der Waals surface area (Å²) in [5.74, 6) is 0. The number of para-hydroxylation sites is 2. The molecular weight excluding hydrogens is 861 g/mol. The third-order valence-corrected chi connectivity index (χ3v) is 22.3. The topological polar surface area (TPSA) is 32.8 Å². The highest BCUT2D eigenvalue weighted by Gasteiger charge is 2.46. The molecule has 9 aromatic carbocycles. The fraction of sp³-hybridized carbons (Fsp3) is 0.129. The minimum Gasteiger partial charge on any atom is -0.454 e. The first kappa shape index (κ1) is 40.9. The molecule has 0 N–H and O–H groups in total. The second-order valence-corrected chi connectivity index (χ2v) is 29.1. The Morgan fingerprint density at radius 2 is 0.662 bits per heavy atom. The number of rotatable bonds is 6. The molecule has 4 heterocycles. The number of hydrogen-bond donors (Lipinski definition) is 0. The lowest BCUT2D eigenvalue weighted by atomic mass is 9.94. The summed E-state index contributed by atoms with van der Waals surface area (Å²) in [7, 11) is -4.77. The fourth-order valence-electron chi connectivity index (χ4n) is 11.6. The molecule has 13 rings (SSSR count). The lowest BCUT2D eigenvalue weighted by molar-refractivity contribution is 0.669. The maximum absolute atomic E-state index is 7.12. The first-order valence-electron chi connectivity index (χ1n) is 23.9. The highest BCUT2D eigenvalue weighted by Crippen LogP contribution is 2.51. The molecule has 0 saturated heterocycles. The van der Waals surface area contributed by atoms with E-state index in [4.69, 9.17) is 8.83 Å². The SMILES string of the molecule is Cc1ccc(N(c2ccc(C)cc2)c2cc3c(c4c2oc2ccccc24)-c2cc4c(cc2[Si]3(C)C)-c2c(cc(N(c3ccc(C)cc3)c3ccc(C)cc3)c3oc5ccccc5c23)[Si]4(C)C)cc1. The summed E-state index contributed by atoms with van der Waals surface area (Å²) in [4.78, 5) is 4.83. The molecule has 68 heavy (non-hydrogen) atoms. The number of fused-ring (bicyclic) bond motifs is 14. The van der Waals surface area contributed by atoms with Gasteiger partial charge in [0.1, 0.15) is 27.3 Å². The molecule has 2 aliphatic heterocycles. The van der Waals surface area contributed by atoms with E-state index in [1.54, 1.807) is 0 Å². The van der Waals surface area contributed by atoms with Gasteiger partial charge in [-0.25, -0.2) is 0 Å². The third kappa shape index (κ3) is 5.83. The van der Waals surface area contributed by atoms with E-state index in [0.29, 0.717) is 0 Å². The normalized spacial score (nSPS) is 14.1. The van der Waals surface area contributed by atoms with Crippen LogP contribution in [-0.2, 0) is 0 Å². The predicted molar refractivity (Wildman–Crippen MR) is 294 cm³/mol. The summed E-state index contributed by atoms with van der Waals surface area (Å²) in [6.07, 6.45) is 0. The van der Waals surface area contributed by atoms with Crippen molar-refractivity contribution in [3.8, 4) is 22.3 Å². The van der Waals surface area contributed by atoms with Gasteiger partial charge in [-0.05, 0) is 143 Å². The monoisotopic (exact) mass is 912 g/mol. The van der Waals surface area contributed by atoms with Crippen molar-refractivity contribution in [3.63, 3.8) is 0 Å². The minimum absolute atomic E-state index is 0.912. The number of benzene rings is 9. The smallest absolute Gasteiger partial charge is 0.160 e. The summed E-state index contributed by atoms with van der Waals surface area (Å²) >= 11 is 0. The van der Waals surface area contributed by atoms with Crippen molar-refractivity contribution >= 4 is 115 Å². The summed E-state index contributed by atoms with van der Waals surface area (Å²) in [6, 6.07) is 63.3. The van der Waals surface area contributed by atoms with Crippen LogP contribution in [0.4, 0.5) is 34.1 Å². The Morgan fingerprint density at radius 3 is 0.985 bits per heavy atom.